The number of hydrogen-bond acceptors (Lipinski definition) is 6. The van der Waals surface area contributed by atoms with E-state index in [9.17, 15) is 13.2 Å². The fraction of sp³-hybridized carbons (Fsp3) is 0.350. The highest BCUT2D eigenvalue weighted by molar-refractivity contribution is 7.99. The number of hydrogen-bond donors (Lipinski definition) is 1. The van der Waals surface area contributed by atoms with Gasteiger partial charge in [-0.1, -0.05) is 36.0 Å². The average molecular weight is 446 g/mol. The first-order chi connectivity index (χ1) is 14.4. The molecule has 0 saturated carbocycles. The molecule has 3 aromatic rings. The average Bonchev–Trinajstić information content (AvgIpc) is 3.15. The van der Waals surface area contributed by atoms with Crippen LogP contribution in [0.25, 0.3) is 5.65 Å². The third-order valence-corrected chi connectivity index (χ3v) is 7.90. The quantitative estimate of drug-likeness (QED) is 0.585. The summed E-state index contributed by atoms with van der Waals surface area (Å²) in [6.45, 7) is 0. The largest absolute Gasteiger partial charge is 0.349 e. The van der Waals surface area contributed by atoms with Gasteiger partial charge in [0.15, 0.2) is 10.8 Å². The molecule has 0 fully saturated rings. The number of fused-ring (bicyclic) bond motifs is 2. The number of benzene rings is 1. The van der Waals surface area contributed by atoms with Crippen LogP contribution in [0, 0.1) is 0 Å². The number of nitrogens with one attached hydrogen (secondary N) is 1. The van der Waals surface area contributed by atoms with Crippen molar-refractivity contribution in [3.63, 3.8) is 0 Å². The molecule has 1 aromatic carbocycles. The number of thioether (sulfide) groups is 1. The van der Waals surface area contributed by atoms with Gasteiger partial charge in [0.25, 0.3) is 0 Å². The second-order valence-corrected chi connectivity index (χ2v) is 10.5. The normalized spacial score (nSPS) is 16.6. The van der Waals surface area contributed by atoms with Gasteiger partial charge < -0.3 is 5.32 Å². The molecule has 1 amide bonds. The molecule has 0 saturated heterocycles. The van der Waals surface area contributed by atoms with Crippen LogP contribution in [-0.4, -0.2) is 53.1 Å². The minimum absolute atomic E-state index is 0.0232. The monoisotopic (exact) mass is 445 g/mol. The Hall–Kier alpha value is -2.43. The smallest absolute Gasteiger partial charge is 0.244 e. The van der Waals surface area contributed by atoms with Crippen molar-refractivity contribution in [1.29, 1.82) is 0 Å². The molecule has 1 aliphatic carbocycles. The van der Waals surface area contributed by atoms with Crippen molar-refractivity contribution in [2.24, 2.45) is 0 Å². The van der Waals surface area contributed by atoms with Crippen molar-refractivity contribution in [2.75, 3.05) is 19.8 Å². The lowest BCUT2D eigenvalue weighted by Gasteiger charge is -2.26. The lowest BCUT2D eigenvalue weighted by molar-refractivity contribution is -0.119. The molecule has 2 aromatic heterocycles. The zero-order valence-electron chi connectivity index (χ0n) is 16.8. The Balaban J connectivity index is 1.47. The highest BCUT2D eigenvalue weighted by atomic mass is 32.2. The highest BCUT2D eigenvalue weighted by Crippen LogP contribution is 2.29. The Labute approximate surface area is 179 Å². The molecule has 30 heavy (non-hydrogen) atoms. The predicted molar refractivity (Wildman–Crippen MR) is 115 cm³/mol. The first-order valence-corrected chi connectivity index (χ1v) is 12.1. The van der Waals surface area contributed by atoms with Gasteiger partial charge in [-0.2, -0.15) is 0 Å². The predicted octanol–water partition coefficient (Wildman–Crippen LogP) is 2.27. The third kappa shape index (κ3) is 4.07. The Morgan fingerprint density at radius 3 is 2.83 bits per heavy atom. The summed E-state index contributed by atoms with van der Waals surface area (Å²) in [4.78, 5) is 12.7. The Morgan fingerprint density at radius 1 is 1.23 bits per heavy atom. The molecule has 0 bridgehead atoms. The standard InChI is InChI=1S/C20H23N5O3S2/c1-24(2)30(27,28)15-10-11-18-22-23-20(25(18)12-15)29-13-19(26)21-17-9-5-7-14-6-3-4-8-16(14)17/h3-4,6,8,10-12,17H,5,7,9,13H2,1-2H3,(H,21,26). The van der Waals surface area contributed by atoms with E-state index in [1.165, 1.54) is 49.2 Å². The fourth-order valence-electron chi connectivity index (χ4n) is 3.58. The summed E-state index contributed by atoms with van der Waals surface area (Å²) in [5, 5.41) is 11.8. The summed E-state index contributed by atoms with van der Waals surface area (Å²) in [5.41, 5.74) is 3.00. The molecule has 1 atom stereocenters. The fourth-order valence-corrected chi connectivity index (χ4v) is 5.21. The number of aryl methyl sites for hydroxylation is 1. The third-order valence-electron chi connectivity index (χ3n) is 5.16. The zero-order valence-corrected chi connectivity index (χ0v) is 18.4. The van der Waals surface area contributed by atoms with Crippen LogP contribution >= 0.6 is 11.8 Å². The molecular weight excluding hydrogens is 422 g/mol. The molecule has 0 radical (unpaired) electrons. The van der Waals surface area contributed by atoms with Crippen LogP contribution in [0.15, 0.2) is 52.6 Å². The minimum Gasteiger partial charge on any atom is -0.349 e. The van der Waals surface area contributed by atoms with Gasteiger partial charge in [0, 0.05) is 20.3 Å². The molecule has 1 aliphatic rings. The van der Waals surface area contributed by atoms with Gasteiger partial charge in [-0.3, -0.25) is 9.20 Å². The van der Waals surface area contributed by atoms with Crippen LogP contribution in [-0.2, 0) is 21.2 Å². The summed E-state index contributed by atoms with van der Waals surface area (Å²) in [6, 6.07) is 11.3. The summed E-state index contributed by atoms with van der Waals surface area (Å²) in [6.07, 6.45) is 4.50. The number of aromatic nitrogens is 3. The SMILES string of the molecule is CN(C)S(=O)(=O)c1ccc2nnc(SCC(=O)NC3CCCc4ccccc43)n2c1. The topological polar surface area (TPSA) is 96.7 Å². The van der Waals surface area contributed by atoms with Gasteiger partial charge in [-0.05, 0) is 42.5 Å². The number of pyridine rings is 1. The molecule has 1 unspecified atom stereocenters. The van der Waals surface area contributed by atoms with Crippen LogP contribution in [0.3, 0.4) is 0 Å². The summed E-state index contributed by atoms with van der Waals surface area (Å²) in [7, 11) is -0.611. The van der Waals surface area contributed by atoms with Crippen LogP contribution < -0.4 is 5.32 Å². The van der Waals surface area contributed by atoms with Crippen molar-refractivity contribution >= 4 is 33.3 Å². The van der Waals surface area contributed by atoms with Gasteiger partial charge in [-0.15, -0.1) is 10.2 Å². The molecular formula is C20H23N5O3S2. The number of nitrogens with zero attached hydrogens (tertiary/aromatic N) is 4. The molecule has 1 N–H and O–H groups in total. The Kier molecular flexibility index (Phi) is 5.81. The van der Waals surface area contributed by atoms with Gasteiger partial charge in [0.2, 0.25) is 15.9 Å². The van der Waals surface area contributed by atoms with Crippen molar-refractivity contribution in [3.05, 3.63) is 53.7 Å². The molecule has 0 aliphatic heterocycles. The minimum atomic E-state index is -3.57. The molecule has 2 heterocycles. The Bertz CT molecular complexity index is 1190. The van der Waals surface area contributed by atoms with Gasteiger partial charge >= 0.3 is 0 Å². The van der Waals surface area contributed by atoms with Crippen LogP contribution in [0.4, 0.5) is 0 Å². The van der Waals surface area contributed by atoms with E-state index in [1.54, 1.807) is 10.5 Å². The summed E-state index contributed by atoms with van der Waals surface area (Å²) in [5.74, 6) is 0.0833. The van der Waals surface area contributed by atoms with E-state index in [4.69, 9.17) is 0 Å². The number of amides is 1. The van der Waals surface area contributed by atoms with Crippen LogP contribution in [0.1, 0.15) is 30.0 Å². The van der Waals surface area contributed by atoms with E-state index in [2.05, 4.69) is 27.6 Å². The Morgan fingerprint density at radius 2 is 2.03 bits per heavy atom. The molecule has 158 valence electrons. The molecule has 4 rings (SSSR count). The number of carbonyl (C=O) groups is 1. The lowest BCUT2D eigenvalue weighted by Crippen LogP contribution is -2.32. The number of rotatable bonds is 6. The van der Waals surface area contributed by atoms with Crippen molar-refractivity contribution in [2.45, 2.75) is 35.4 Å². The van der Waals surface area contributed by atoms with Crippen molar-refractivity contribution in [3.8, 4) is 0 Å². The maximum atomic E-state index is 12.6. The first kappa shape index (κ1) is 20.8. The maximum absolute atomic E-state index is 12.6. The maximum Gasteiger partial charge on any atom is 0.244 e. The second kappa shape index (κ2) is 8.37. The number of carbonyl (C=O) groups excluding carboxylic acids is 1. The van der Waals surface area contributed by atoms with E-state index in [0.717, 1.165) is 23.6 Å². The highest BCUT2D eigenvalue weighted by Gasteiger charge is 2.22. The van der Waals surface area contributed by atoms with Gasteiger partial charge in [-0.25, -0.2) is 12.7 Å². The van der Waals surface area contributed by atoms with Gasteiger partial charge in [0.1, 0.15) is 0 Å². The molecule has 8 nitrogen and oxygen atoms in total. The molecule has 10 heteroatoms. The van der Waals surface area contributed by atoms with Crippen molar-refractivity contribution < 1.29 is 13.2 Å². The van der Waals surface area contributed by atoms with E-state index < -0.39 is 10.0 Å². The zero-order chi connectivity index (χ0) is 21.3. The molecule has 0 spiro atoms. The van der Waals surface area contributed by atoms with Crippen molar-refractivity contribution in [1.82, 2.24) is 24.2 Å². The van der Waals surface area contributed by atoms with E-state index >= 15 is 0 Å². The summed E-state index contributed by atoms with van der Waals surface area (Å²) >= 11 is 1.23. The number of sulfonamides is 1. The van der Waals surface area contributed by atoms with Gasteiger partial charge in [0.05, 0.1) is 16.7 Å². The first-order valence-electron chi connectivity index (χ1n) is 9.63. The van der Waals surface area contributed by atoms with Crippen LogP contribution in [0.5, 0.6) is 0 Å². The van der Waals surface area contributed by atoms with E-state index in [1.807, 2.05) is 12.1 Å². The second-order valence-electron chi connectivity index (χ2n) is 7.36. The summed E-state index contributed by atoms with van der Waals surface area (Å²) < 4.78 is 27.6. The van der Waals surface area contributed by atoms with Crippen LogP contribution in [0.2, 0.25) is 0 Å². The van der Waals surface area contributed by atoms with E-state index in [-0.39, 0.29) is 22.6 Å². The van der Waals surface area contributed by atoms with E-state index in [0.29, 0.717) is 10.8 Å². The lowest BCUT2D eigenvalue weighted by atomic mass is 9.88.